The quantitative estimate of drug-likeness (QED) is 0.101. The predicted molar refractivity (Wildman–Crippen MR) is 236 cm³/mol. The van der Waals surface area contributed by atoms with Gasteiger partial charge in [-0.3, -0.25) is 20.0 Å². The lowest BCUT2D eigenvalue weighted by Crippen LogP contribution is -3.13. The molecule has 0 saturated heterocycles. The van der Waals surface area contributed by atoms with Crippen molar-refractivity contribution in [2.24, 2.45) is 39.8 Å². The van der Waals surface area contributed by atoms with Crippen LogP contribution in [-0.4, -0.2) is 63.4 Å². The van der Waals surface area contributed by atoms with Crippen LogP contribution >= 0.6 is 0 Å². The van der Waals surface area contributed by atoms with Crippen LogP contribution in [0.5, 0.6) is 17.2 Å². The van der Waals surface area contributed by atoms with E-state index in [-0.39, 0.29) is 42.2 Å². The highest BCUT2D eigenvalue weighted by molar-refractivity contribution is 6.08. The molecule has 5 aliphatic heterocycles. The van der Waals surface area contributed by atoms with Gasteiger partial charge in [-0.05, 0) is 83.9 Å². The maximum absolute atomic E-state index is 14.1. The van der Waals surface area contributed by atoms with Crippen molar-refractivity contribution >= 4 is 11.5 Å². The van der Waals surface area contributed by atoms with Gasteiger partial charge in [-0.2, -0.15) is 0 Å². The smallest absolute Gasteiger partial charge is 0.252 e. The number of phenols is 1. The number of allylic oxidation sites excluding steroid dienone is 2. The molecule has 5 heterocycles. The number of unbranched alkanes of at least 4 members (excludes halogenated alkanes) is 2. The first-order valence-corrected chi connectivity index (χ1v) is 23.0. The SMILES string of the molecule is CCCCCC(C(=O)CCc1cc2c(cc1O)OC#CC1(CCCC1)C1C#CC(O)c3ccc4c(c3CC3=CN=C5C[NH+](C=C35)C1O2)CCNC4N)C(O)C1C=CC(C)CC1O. The zero-order chi connectivity index (χ0) is 43.1. The zero-order valence-corrected chi connectivity index (χ0v) is 36.0. The number of aliphatic imine (C=N–C) groups is 1. The first kappa shape index (κ1) is 42.6. The number of benzene rings is 2. The number of aromatic hydroxyl groups is 1. The average molecular weight is 842 g/mol. The number of hydrogen-bond donors (Lipinski definition) is 7. The number of quaternary nitrogens is 1. The van der Waals surface area contributed by atoms with E-state index >= 15 is 0 Å². The molecule has 1 saturated carbocycles. The topological polar surface area (TPSA) is 171 Å². The minimum Gasteiger partial charge on any atom is -0.508 e. The Morgan fingerprint density at radius 1 is 1.10 bits per heavy atom. The number of fused-ring (bicyclic) bond motifs is 8. The highest BCUT2D eigenvalue weighted by Gasteiger charge is 2.51. The number of Topliss-reactive ketones (excluding diaryl/α,β-unsaturated/α-hetero) is 1. The van der Waals surface area contributed by atoms with Gasteiger partial charge in [-0.25, -0.2) is 0 Å². The number of nitrogens with one attached hydrogen (secondary N) is 2. The van der Waals surface area contributed by atoms with E-state index in [9.17, 15) is 25.2 Å². The van der Waals surface area contributed by atoms with Gasteiger partial charge in [-0.1, -0.05) is 88.0 Å². The third-order valence-electron chi connectivity index (χ3n) is 14.7. The molecule has 1 spiro atoms. The van der Waals surface area contributed by atoms with Gasteiger partial charge in [0.05, 0.1) is 29.4 Å². The molecule has 10 unspecified atom stereocenters. The highest BCUT2D eigenvalue weighted by atomic mass is 16.5. The van der Waals surface area contributed by atoms with Crippen LogP contribution in [0, 0.1) is 53.0 Å². The number of carbonyl (C=O) groups excluding carboxylic acids is 1. The number of nitrogens with two attached hydrogens (primary N) is 1. The maximum Gasteiger partial charge on any atom is 0.252 e. The van der Waals surface area contributed by atoms with Crippen LogP contribution in [0.25, 0.3) is 0 Å². The molecule has 1 fully saturated rings. The lowest BCUT2D eigenvalue weighted by atomic mass is 9.73. The van der Waals surface area contributed by atoms with Crippen LogP contribution in [0.15, 0.2) is 65.0 Å². The second-order valence-corrected chi connectivity index (χ2v) is 18.7. The first-order chi connectivity index (χ1) is 30.0. The van der Waals surface area contributed by atoms with Gasteiger partial charge >= 0.3 is 0 Å². The lowest BCUT2D eigenvalue weighted by molar-refractivity contribution is -0.888. The van der Waals surface area contributed by atoms with Crippen LogP contribution in [0.1, 0.15) is 118 Å². The van der Waals surface area contributed by atoms with Crippen molar-refractivity contribution in [3.8, 4) is 41.1 Å². The summed E-state index contributed by atoms with van der Waals surface area (Å²) in [6.45, 7) is 5.46. The van der Waals surface area contributed by atoms with E-state index < -0.39 is 47.7 Å². The standard InChI is InChI=1S/C51H60N4O7/c1-3-4-5-8-36(48(60)37-11-9-30(2)23-45(37)59)43(57)15-10-31-25-47-46(26-44(31)58)61-22-20-51(18-6-7-19-51)40-14-16-42(56)34-12-13-35-33(17-21-53-49(35)52)38(34)24-32-27-54-41-29-55(28-39(32)41)50(40)62-47/h9,11-13,25-28,30,36-37,40,42,45,48-50,53,56,58-60H,3-8,10,15,17-19,21,23-24,29,52H2,1-2H3/p+1. The molecule has 8 N–H and O–H groups in total. The molecule has 62 heavy (non-hydrogen) atoms. The molecule has 10 atom stereocenters. The van der Waals surface area contributed by atoms with Crippen molar-refractivity contribution in [3.05, 3.63) is 87.8 Å². The number of hydrogen-bond acceptors (Lipinski definition) is 10. The molecule has 11 nitrogen and oxygen atoms in total. The van der Waals surface area contributed by atoms with Crippen LogP contribution in [0.3, 0.4) is 0 Å². The van der Waals surface area contributed by atoms with Gasteiger partial charge in [0.25, 0.3) is 6.23 Å². The maximum atomic E-state index is 14.1. The second-order valence-electron chi connectivity index (χ2n) is 18.7. The fraction of sp³-hybridized carbons (Fsp3) is 0.529. The molecular formula is C51H61N4O7+. The van der Waals surface area contributed by atoms with E-state index in [4.69, 9.17) is 20.2 Å². The molecule has 2 aromatic rings. The van der Waals surface area contributed by atoms with Crippen LogP contribution in [-0.2, 0) is 24.1 Å². The Bertz CT molecular complexity index is 2340. The summed E-state index contributed by atoms with van der Waals surface area (Å²) < 4.78 is 13.3. The van der Waals surface area contributed by atoms with Crippen LogP contribution in [0.4, 0.5) is 0 Å². The molecule has 9 rings (SSSR count). The summed E-state index contributed by atoms with van der Waals surface area (Å²) in [6.07, 6.45) is 16.4. The first-order valence-electron chi connectivity index (χ1n) is 23.0. The van der Waals surface area contributed by atoms with Crippen molar-refractivity contribution in [2.45, 2.75) is 128 Å². The number of aryl methyl sites for hydroxylation is 1. The van der Waals surface area contributed by atoms with Crippen molar-refractivity contribution in [1.29, 1.82) is 0 Å². The highest BCUT2D eigenvalue weighted by Crippen LogP contribution is 2.47. The van der Waals surface area contributed by atoms with Gasteiger partial charge in [-0.15, -0.1) is 0 Å². The Balaban J connectivity index is 1.06. The molecule has 0 amide bonds. The fourth-order valence-corrected chi connectivity index (χ4v) is 11.1. The number of aliphatic hydroxyl groups is 3. The van der Waals surface area contributed by atoms with Crippen molar-refractivity contribution < 1.29 is 39.6 Å². The third-order valence-corrected chi connectivity index (χ3v) is 14.7. The Morgan fingerprint density at radius 2 is 1.92 bits per heavy atom. The van der Waals surface area contributed by atoms with E-state index in [1.165, 1.54) is 6.07 Å². The third kappa shape index (κ3) is 8.16. The monoisotopic (exact) mass is 841 g/mol. The molecule has 2 aromatic carbocycles. The summed E-state index contributed by atoms with van der Waals surface area (Å²) in [5.41, 5.74) is 13.6. The Morgan fingerprint density at radius 3 is 2.73 bits per heavy atom. The van der Waals surface area contributed by atoms with E-state index in [2.05, 4.69) is 42.3 Å². The Kier molecular flexibility index (Phi) is 12.2. The van der Waals surface area contributed by atoms with Gasteiger partial charge in [0.1, 0.15) is 48.1 Å². The van der Waals surface area contributed by atoms with Crippen LogP contribution < -0.4 is 25.4 Å². The van der Waals surface area contributed by atoms with E-state index in [0.717, 1.165) is 102 Å². The number of aliphatic hydroxyl groups excluding tert-OH is 3. The summed E-state index contributed by atoms with van der Waals surface area (Å²) in [6, 6.07) is 7.26. The minimum absolute atomic E-state index is 0.0375. The van der Waals surface area contributed by atoms with Crippen molar-refractivity contribution in [3.63, 3.8) is 0 Å². The van der Waals surface area contributed by atoms with Gasteiger partial charge < -0.3 is 35.6 Å². The van der Waals surface area contributed by atoms with Gasteiger partial charge in [0, 0.05) is 43.5 Å². The minimum atomic E-state index is -1.06. The number of ether oxygens (including phenoxy) is 2. The van der Waals surface area contributed by atoms with E-state index in [1.807, 2.05) is 37.4 Å². The zero-order valence-electron chi connectivity index (χ0n) is 36.0. The number of nitrogens with zero attached hydrogens (tertiary/aromatic N) is 1. The average Bonchev–Trinajstić information content (AvgIpc) is 4.00. The van der Waals surface area contributed by atoms with E-state index in [0.29, 0.717) is 37.1 Å². The second kappa shape index (κ2) is 17.8. The van der Waals surface area contributed by atoms with Crippen molar-refractivity contribution in [2.75, 3.05) is 13.1 Å². The Labute approximate surface area is 365 Å². The summed E-state index contributed by atoms with van der Waals surface area (Å²) in [5.74, 6) is 9.52. The number of rotatable bonds is 10. The number of phenolic OH excluding ortho intramolecular Hbond substituents is 1. The van der Waals surface area contributed by atoms with E-state index in [1.54, 1.807) is 6.07 Å². The van der Waals surface area contributed by atoms with Gasteiger partial charge in [0.15, 0.2) is 11.5 Å². The fourth-order valence-electron chi connectivity index (χ4n) is 11.1. The molecule has 0 radical (unpaired) electrons. The molecular weight excluding hydrogens is 781 g/mol. The largest absolute Gasteiger partial charge is 0.508 e. The molecule has 326 valence electrons. The Hall–Kier alpha value is -4.72. The normalized spacial score (nSPS) is 29.8. The molecule has 7 aliphatic rings. The summed E-state index contributed by atoms with van der Waals surface area (Å²) in [7, 11) is 0. The molecule has 2 aliphatic carbocycles. The lowest BCUT2D eigenvalue weighted by Gasteiger charge is -2.36. The number of ketones is 1. The summed E-state index contributed by atoms with van der Waals surface area (Å²) in [5, 5.41) is 49.3. The molecule has 0 aromatic heterocycles. The molecule has 11 heteroatoms. The van der Waals surface area contributed by atoms with Crippen molar-refractivity contribution in [1.82, 2.24) is 5.32 Å². The number of carbonyl (C=O) groups is 1. The molecule has 2 bridgehead atoms. The van der Waals surface area contributed by atoms with Crippen LogP contribution in [0.2, 0.25) is 0 Å². The summed E-state index contributed by atoms with van der Waals surface area (Å²) >= 11 is 0. The predicted octanol–water partition coefficient (Wildman–Crippen LogP) is 4.78. The van der Waals surface area contributed by atoms with Gasteiger partial charge in [0.2, 0.25) is 0 Å². The summed E-state index contributed by atoms with van der Waals surface area (Å²) in [4.78, 5) is 20.0.